The van der Waals surface area contributed by atoms with E-state index in [0.29, 0.717) is 0 Å². The number of para-hydroxylation sites is 1. The lowest BCUT2D eigenvalue weighted by molar-refractivity contribution is 0.244. The Morgan fingerprint density at radius 2 is 1.78 bits per heavy atom. The van der Waals surface area contributed by atoms with Gasteiger partial charge >= 0.3 is 0 Å². The van der Waals surface area contributed by atoms with Crippen LogP contribution in [0.3, 0.4) is 0 Å². The molecule has 1 aromatic heterocycles. The van der Waals surface area contributed by atoms with Crippen molar-refractivity contribution in [2.45, 2.75) is 6.42 Å². The Bertz CT molecular complexity index is 757. The van der Waals surface area contributed by atoms with Crippen LogP contribution in [0.15, 0.2) is 48.5 Å². The largest absolute Gasteiger partial charge is 0.314 e. The quantitative estimate of drug-likeness (QED) is 0.797. The molecule has 0 unspecified atom stereocenters. The number of benzene rings is 2. The summed E-state index contributed by atoms with van der Waals surface area (Å²) in [4.78, 5) is 7.38. The SMILES string of the molecule is c1ccc(-c2nc3ccccc3s2)c(CCN2CCNCC2)c1. The number of nitrogens with one attached hydrogen (secondary N) is 1. The van der Waals surface area contributed by atoms with Gasteiger partial charge in [0.1, 0.15) is 5.01 Å². The third-order valence-electron chi connectivity index (χ3n) is 4.45. The smallest absolute Gasteiger partial charge is 0.124 e. The first-order valence-corrected chi connectivity index (χ1v) is 9.09. The average molecular weight is 323 g/mol. The van der Waals surface area contributed by atoms with Crippen LogP contribution in [0.5, 0.6) is 0 Å². The van der Waals surface area contributed by atoms with Gasteiger partial charge in [-0.2, -0.15) is 0 Å². The van der Waals surface area contributed by atoms with Gasteiger partial charge in [-0.3, -0.25) is 0 Å². The van der Waals surface area contributed by atoms with E-state index in [1.54, 1.807) is 11.3 Å². The zero-order valence-electron chi connectivity index (χ0n) is 13.2. The highest BCUT2D eigenvalue weighted by molar-refractivity contribution is 7.21. The van der Waals surface area contributed by atoms with Gasteiger partial charge in [0.25, 0.3) is 0 Å². The summed E-state index contributed by atoms with van der Waals surface area (Å²) in [6.45, 7) is 5.66. The topological polar surface area (TPSA) is 28.2 Å². The van der Waals surface area contributed by atoms with Crippen molar-refractivity contribution in [3.63, 3.8) is 0 Å². The van der Waals surface area contributed by atoms with Crippen molar-refractivity contribution >= 4 is 21.6 Å². The molecular weight excluding hydrogens is 302 g/mol. The summed E-state index contributed by atoms with van der Waals surface area (Å²) < 4.78 is 1.26. The number of piperazine rings is 1. The summed E-state index contributed by atoms with van der Waals surface area (Å²) in [6, 6.07) is 17.1. The zero-order chi connectivity index (χ0) is 15.5. The van der Waals surface area contributed by atoms with Crippen LogP contribution in [0.4, 0.5) is 0 Å². The van der Waals surface area contributed by atoms with Crippen molar-refractivity contribution in [3.8, 4) is 10.6 Å². The second-order valence-electron chi connectivity index (χ2n) is 5.99. The van der Waals surface area contributed by atoms with E-state index >= 15 is 0 Å². The van der Waals surface area contributed by atoms with E-state index in [0.717, 1.165) is 49.7 Å². The predicted octanol–water partition coefficient (Wildman–Crippen LogP) is 3.41. The summed E-state index contributed by atoms with van der Waals surface area (Å²) in [5.74, 6) is 0. The first kappa shape index (κ1) is 14.8. The molecule has 0 amide bonds. The number of aromatic nitrogens is 1. The fourth-order valence-corrected chi connectivity index (χ4v) is 4.17. The molecule has 118 valence electrons. The molecule has 0 atom stereocenters. The minimum Gasteiger partial charge on any atom is -0.314 e. The Morgan fingerprint density at radius 3 is 2.65 bits per heavy atom. The Hall–Kier alpha value is -1.75. The fraction of sp³-hybridized carbons (Fsp3) is 0.316. The molecule has 0 bridgehead atoms. The second-order valence-corrected chi connectivity index (χ2v) is 7.02. The van der Waals surface area contributed by atoms with Crippen LogP contribution in [0.1, 0.15) is 5.56 Å². The van der Waals surface area contributed by atoms with Crippen LogP contribution in [-0.4, -0.2) is 42.6 Å². The molecule has 1 saturated heterocycles. The molecule has 2 aromatic carbocycles. The van der Waals surface area contributed by atoms with E-state index in [9.17, 15) is 0 Å². The van der Waals surface area contributed by atoms with Crippen LogP contribution >= 0.6 is 11.3 Å². The Kier molecular flexibility index (Phi) is 4.37. The summed E-state index contributed by atoms with van der Waals surface area (Å²) in [5, 5.41) is 4.56. The maximum atomic E-state index is 4.83. The van der Waals surface area contributed by atoms with Crippen LogP contribution in [0.2, 0.25) is 0 Å². The lowest BCUT2D eigenvalue weighted by Gasteiger charge is -2.27. The first-order chi connectivity index (χ1) is 11.4. The minimum atomic E-state index is 1.09. The minimum absolute atomic E-state index is 1.09. The van der Waals surface area contributed by atoms with Crippen molar-refractivity contribution in [2.24, 2.45) is 0 Å². The Labute approximate surface area is 141 Å². The molecule has 23 heavy (non-hydrogen) atoms. The summed E-state index contributed by atoms with van der Waals surface area (Å²) >= 11 is 1.79. The molecule has 3 nitrogen and oxygen atoms in total. The molecule has 0 saturated carbocycles. The highest BCUT2D eigenvalue weighted by atomic mass is 32.1. The Balaban J connectivity index is 1.58. The molecule has 2 heterocycles. The number of hydrogen-bond donors (Lipinski definition) is 1. The van der Waals surface area contributed by atoms with Gasteiger partial charge in [-0.05, 0) is 24.1 Å². The van der Waals surface area contributed by atoms with E-state index in [2.05, 4.69) is 58.7 Å². The van der Waals surface area contributed by atoms with Gasteiger partial charge in [0, 0.05) is 38.3 Å². The second kappa shape index (κ2) is 6.79. The number of thiazole rings is 1. The lowest BCUT2D eigenvalue weighted by atomic mass is 10.0. The third kappa shape index (κ3) is 3.29. The normalized spacial score (nSPS) is 16.0. The molecule has 1 fully saturated rings. The molecule has 0 aliphatic carbocycles. The first-order valence-electron chi connectivity index (χ1n) is 8.27. The van der Waals surface area contributed by atoms with Crippen molar-refractivity contribution in [2.75, 3.05) is 32.7 Å². The van der Waals surface area contributed by atoms with Crippen molar-refractivity contribution in [1.29, 1.82) is 0 Å². The zero-order valence-corrected chi connectivity index (χ0v) is 14.0. The highest BCUT2D eigenvalue weighted by Crippen LogP contribution is 2.32. The van der Waals surface area contributed by atoms with E-state index in [-0.39, 0.29) is 0 Å². The van der Waals surface area contributed by atoms with E-state index in [1.807, 2.05) is 0 Å². The molecule has 1 aliphatic rings. The van der Waals surface area contributed by atoms with E-state index in [1.165, 1.54) is 15.8 Å². The number of rotatable bonds is 4. The van der Waals surface area contributed by atoms with E-state index in [4.69, 9.17) is 4.98 Å². The summed E-state index contributed by atoms with van der Waals surface area (Å²) in [6.07, 6.45) is 1.09. The number of hydrogen-bond acceptors (Lipinski definition) is 4. The highest BCUT2D eigenvalue weighted by Gasteiger charge is 2.13. The van der Waals surface area contributed by atoms with Crippen LogP contribution in [0.25, 0.3) is 20.8 Å². The van der Waals surface area contributed by atoms with Crippen LogP contribution in [0, 0.1) is 0 Å². The average Bonchev–Trinajstić information content (AvgIpc) is 3.05. The van der Waals surface area contributed by atoms with Gasteiger partial charge in [0.15, 0.2) is 0 Å². The molecule has 0 spiro atoms. The monoisotopic (exact) mass is 323 g/mol. The molecule has 0 radical (unpaired) electrons. The van der Waals surface area contributed by atoms with Gasteiger partial charge in [-0.1, -0.05) is 36.4 Å². The fourth-order valence-electron chi connectivity index (χ4n) is 3.15. The molecule has 1 N–H and O–H groups in total. The van der Waals surface area contributed by atoms with Crippen molar-refractivity contribution in [1.82, 2.24) is 15.2 Å². The molecule has 1 aliphatic heterocycles. The molecule has 4 rings (SSSR count). The van der Waals surface area contributed by atoms with Gasteiger partial charge in [0.2, 0.25) is 0 Å². The Morgan fingerprint density at radius 1 is 1.00 bits per heavy atom. The number of fused-ring (bicyclic) bond motifs is 1. The van der Waals surface area contributed by atoms with Gasteiger partial charge in [-0.25, -0.2) is 4.98 Å². The number of nitrogens with zero attached hydrogens (tertiary/aromatic N) is 2. The van der Waals surface area contributed by atoms with Crippen molar-refractivity contribution < 1.29 is 0 Å². The maximum absolute atomic E-state index is 4.83. The maximum Gasteiger partial charge on any atom is 0.124 e. The van der Waals surface area contributed by atoms with E-state index < -0.39 is 0 Å². The third-order valence-corrected chi connectivity index (χ3v) is 5.52. The molecule has 3 aromatic rings. The van der Waals surface area contributed by atoms with Crippen molar-refractivity contribution in [3.05, 3.63) is 54.1 Å². The molecule has 4 heteroatoms. The van der Waals surface area contributed by atoms with Crippen LogP contribution < -0.4 is 5.32 Å². The van der Waals surface area contributed by atoms with Gasteiger partial charge in [-0.15, -0.1) is 11.3 Å². The lowest BCUT2D eigenvalue weighted by Crippen LogP contribution is -2.44. The molecular formula is C19H21N3S. The van der Waals surface area contributed by atoms with Crippen LogP contribution in [-0.2, 0) is 6.42 Å². The predicted molar refractivity (Wildman–Crippen MR) is 98.1 cm³/mol. The standard InChI is InChI=1S/C19H21N3S/c1-2-6-16(19-21-17-7-3-4-8-18(17)23-19)15(5-1)9-12-22-13-10-20-11-14-22/h1-8,20H,9-14H2. The van der Waals surface area contributed by atoms with Gasteiger partial charge in [0.05, 0.1) is 10.2 Å². The summed E-state index contributed by atoms with van der Waals surface area (Å²) in [5.41, 5.74) is 3.80. The van der Waals surface area contributed by atoms with Gasteiger partial charge < -0.3 is 10.2 Å². The summed E-state index contributed by atoms with van der Waals surface area (Å²) in [7, 11) is 0.